The number of imidazole rings is 1. The van der Waals surface area contributed by atoms with Crippen molar-refractivity contribution >= 4 is 15.9 Å². The van der Waals surface area contributed by atoms with Crippen LogP contribution in [-0.4, -0.2) is 16.1 Å². The molecule has 0 aliphatic carbocycles. The van der Waals surface area contributed by atoms with Gasteiger partial charge in [-0.1, -0.05) is 0 Å². The van der Waals surface area contributed by atoms with Gasteiger partial charge in [0.2, 0.25) is 0 Å². The summed E-state index contributed by atoms with van der Waals surface area (Å²) in [7, 11) is 0. The zero-order chi connectivity index (χ0) is 16.7. The van der Waals surface area contributed by atoms with Gasteiger partial charge in [-0.3, -0.25) is 0 Å². The monoisotopic (exact) mass is 384 g/mol. The van der Waals surface area contributed by atoms with Crippen LogP contribution in [0.15, 0.2) is 16.7 Å². The third kappa shape index (κ3) is 3.40. The molecule has 0 spiro atoms. The van der Waals surface area contributed by atoms with Crippen molar-refractivity contribution in [3.63, 3.8) is 0 Å². The largest absolute Gasteiger partial charge is 0.488 e. The number of hydrogen-bond donors (Lipinski definition) is 1. The third-order valence-electron chi connectivity index (χ3n) is 2.58. The Labute approximate surface area is 130 Å². The molecule has 0 saturated carbocycles. The Morgan fingerprint density at radius 2 is 1.82 bits per heavy atom. The zero-order valence-electron chi connectivity index (χ0n) is 11.4. The summed E-state index contributed by atoms with van der Waals surface area (Å²) in [5.41, 5.74) is -1.48. The Kier molecular flexibility index (Phi) is 4.46. The Morgan fingerprint density at radius 1 is 1.18 bits per heavy atom. The molecule has 22 heavy (non-hydrogen) atoms. The average molecular weight is 385 g/mol. The van der Waals surface area contributed by atoms with E-state index in [1.807, 2.05) is 4.98 Å². The Morgan fingerprint density at radius 3 is 2.32 bits per heavy atom. The molecule has 0 amide bonds. The van der Waals surface area contributed by atoms with Crippen LogP contribution >= 0.6 is 15.9 Å². The first-order chi connectivity index (χ1) is 10.1. The number of benzene rings is 1. The van der Waals surface area contributed by atoms with Crippen molar-refractivity contribution in [2.45, 2.75) is 26.1 Å². The molecule has 9 heteroatoms. The van der Waals surface area contributed by atoms with Crippen LogP contribution in [0.5, 0.6) is 5.75 Å². The van der Waals surface area contributed by atoms with Crippen molar-refractivity contribution in [3.05, 3.63) is 34.1 Å². The lowest BCUT2D eigenvalue weighted by Gasteiger charge is -2.12. The fraction of sp³-hybridized carbons (Fsp3) is 0.308. The molecule has 0 atom stereocenters. The van der Waals surface area contributed by atoms with Crippen molar-refractivity contribution in [2.75, 3.05) is 0 Å². The molecule has 1 N–H and O–H groups in total. The number of rotatable bonds is 3. The second kappa shape index (κ2) is 5.86. The van der Waals surface area contributed by atoms with Gasteiger partial charge in [-0.25, -0.2) is 13.8 Å². The van der Waals surface area contributed by atoms with Gasteiger partial charge in [0.15, 0.2) is 17.3 Å². The number of nitrogens with zero attached hydrogens (tertiary/aromatic N) is 1. The van der Waals surface area contributed by atoms with Crippen molar-refractivity contribution in [1.29, 1.82) is 0 Å². The first-order valence-corrected chi connectivity index (χ1v) is 6.87. The second-order valence-electron chi connectivity index (χ2n) is 4.68. The maximum atomic E-state index is 13.8. The van der Waals surface area contributed by atoms with Gasteiger partial charge in [-0.15, -0.1) is 0 Å². The lowest BCUT2D eigenvalue weighted by atomic mass is 10.2. The highest BCUT2D eigenvalue weighted by molar-refractivity contribution is 9.10. The predicted molar refractivity (Wildman–Crippen MR) is 72.4 cm³/mol. The number of nitrogens with one attached hydrogen (secondary N) is 1. The minimum absolute atomic E-state index is 0.271. The van der Waals surface area contributed by atoms with E-state index < -0.39 is 28.1 Å². The highest BCUT2D eigenvalue weighted by Crippen LogP contribution is 2.36. The van der Waals surface area contributed by atoms with Crippen molar-refractivity contribution in [1.82, 2.24) is 9.97 Å². The molecule has 1 heterocycles. The van der Waals surface area contributed by atoms with E-state index in [9.17, 15) is 22.0 Å². The van der Waals surface area contributed by atoms with E-state index in [0.29, 0.717) is 6.07 Å². The molecule has 0 unspecified atom stereocenters. The summed E-state index contributed by atoms with van der Waals surface area (Å²) in [4.78, 5) is 5.56. The van der Waals surface area contributed by atoms with Gasteiger partial charge in [-0.2, -0.15) is 13.2 Å². The molecule has 0 radical (unpaired) electrons. The van der Waals surface area contributed by atoms with Gasteiger partial charge < -0.3 is 9.72 Å². The third-order valence-corrected chi connectivity index (χ3v) is 3.16. The molecule has 0 bridgehead atoms. The number of H-pyrrole nitrogens is 1. The number of halogens is 6. The standard InChI is InChI=1S/C13H10BrF5N2O/c1-5(2)22-9-3-6(7(15)4-8(9)16)12-20-10(11(14)21-12)13(17,18)19/h3-5H,1-2H3,(H,20,21). The summed E-state index contributed by atoms with van der Waals surface area (Å²) in [6.07, 6.45) is -5.07. The summed E-state index contributed by atoms with van der Waals surface area (Å²) < 4.78 is 70.2. The van der Waals surface area contributed by atoms with Crippen LogP contribution in [0.3, 0.4) is 0 Å². The number of ether oxygens (including phenoxy) is 1. The van der Waals surface area contributed by atoms with E-state index >= 15 is 0 Å². The lowest BCUT2D eigenvalue weighted by molar-refractivity contribution is -0.141. The van der Waals surface area contributed by atoms with Crippen molar-refractivity contribution < 1.29 is 26.7 Å². The van der Waals surface area contributed by atoms with E-state index in [-0.39, 0.29) is 23.2 Å². The van der Waals surface area contributed by atoms with Crippen LogP contribution in [-0.2, 0) is 6.18 Å². The Balaban J connectivity index is 2.53. The normalized spacial score (nSPS) is 12.0. The van der Waals surface area contributed by atoms with Gasteiger partial charge in [0.1, 0.15) is 16.2 Å². The van der Waals surface area contributed by atoms with Crippen LogP contribution in [0.2, 0.25) is 0 Å². The second-order valence-corrected chi connectivity index (χ2v) is 5.43. The van der Waals surface area contributed by atoms with Crippen molar-refractivity contribution in [3.8, 4) is 17.1 Å². The molecule has 0 fully saturated rings. The summed E-state index contributed by atoms with van der Waals surface area (Å²) in [5.74, 6) is -2.65. The molecular formula is C13H10BrF5N2O. The number of aromatic nitrogens is 2. The molecule has 120 valence electrons. The summed E-state index contributed by atoms with van der Waals surface area (Å²) in [6, 6.07) is 1.51. The maximum Gasteiger partial charge on any atom is 0.433 e. The summed E-state index contributed by atoms with van der Waals surface area (Å²) >= 11 is 2.66. The van der Waals surface area contributed by atoms with E-state index in [1.165, 1.54) is 0 Å². The van der Waals surface area contributed by atoms with E-state index in [1.54, 1.807) is 13.8 Å². The van der Waals surface area contributed by atoms with Gasteiger partial charge in [0.05, 0.1) is 11.7 Å². The fourth-order valence-electron chi connectivity index (χ4n) is 1.72. The number of aromatic amines is 1. The minimum Gasteiger partial charge on any atom is -0.488 e. The average Bonchev–Trinajstić information content (AvgIpc) is 2.74. The first-order valence-electron chi connectivity index (χ1n) is 6.08. The molecule has 3 nitrogen and oxygen atoms in total. The first kappa shape index (κ1) is 16.7. The van der Waals surface area contributed by atoms with Crippen LogP contribution in [0, 0.1) is 11.6 Å². The quantitative estimate of drug-likeness (QED) is 0.762. The fourth-order valence-corrected chi connectivity index (χ4v) is 2.22. The zero-order valence-corrected chi connectivity index (χ0v) is 12.9. The van der Waals surface area contributed by atoms with Crippen LogP contribution in [0.1, 0.15) is 19.5 Å². The molecule has 1 aromatic carbocycles. The Bertz CT molecular complexity index is 696. The van der Waals surface area contributed by atoms with Crippen LogP contribution < -0.4 is 4.74 Å². The van der Waals surface area contributed by atoms with Gasteiger partial charge >= 0.3 is 6.18 Å². The van der Waals surface area contributed by atoms with Crippen molar-refractivity contribution in [2.24, 2.45) is 0 Å². The van der Waals surface area contributed by atoms with E-state index in [0.717, 1.165) is 6.07 Å². The molecule has 0 saturated heterocycles. The SMILES string of the molecule is CC(C)Oc1cc(-c2nc(Br)c(C(F)(F)F)[nH]2)c(F)cc1F. The highest BCUT2D eigenvalue weighted by Gasteiger charge is 2.36. The molecule has 0 aliphatic heterocycles. The Hall–Kier alpha value is -1.64. The summed E-state index contributed by atoms with van der Waals surface area (Å²) in [6.45, 7) is 3.27. The summed E-state index contributed by atoms with van der Waals surface area (Å²) in [5, 5.41) is 0. The smallest absolute Gasteiger partial charge is 0.433 e. The highest BCUT2D eigenvalue weighted by atomic mass is 79.9. The predicted octanol–water partition coefficient (Wildman–Crippen LogP) is 4.92. The molecule has 1 aromatic heterocycles. The maximum absolute atomic E-state index is 13.8. The molecule has 2 aromatic rings. The van der Waals surface area contributed by atoms with Gasteiger partial charge in [0.25, 0.3) is 0 Å². The number of alkyl halides is 3. The van der Waals surface area contributed by atoms with Gasteiger partial charge in [-0.05, 0) is 35.8 Å². The number of hydrogen-bond acceptors (Lipinski definition) is 2. The molecular weight excluding hydrogens is 375 g/mol. The van der Waals surface area contributed by atoms with E-state index in [2.05, 4.69) is 20.9 Å². The minimum atomic E-state index is -4.68. The molecule has 2 rings (SSSR count). The molecule has 0 aliphatic rings. The van der Waals surface area contributed by atoms with Crippen LogP contribution in [0.4, 0.5) is 22.0 Å². The topological polar surface area (TPSA) is 37.9 Å². The lowest BCUT2D eigenvalue weighted by Crippen LogP contribution is -2.08. The van der Waals surface area contributed by atoms with E-state index in [4.69, 9.17) is 4.74 Å². The van der Waals surface area contributed by atoms with Crippen LogP contribution in [0.25, 0.3) is 11.4 Å². The van der Waals surface area contributed by atoms with Gasteiger partial charge in [0, 0.05) is 6.07 Å².